The molecule has 0 amide bonds. The summed E-state index contributed by atoms with van der Waals surface area (Å²) in [6.07, 6.45) is -0.719. The summed E-state index contributed by atoms with van der Waals surface area (Å²) in [5.74, 6) is -0.288. The van der Waals surface area contributed by atoms with Crippen molar-refractivity contribution >= 4 is 11.4 Å². The second-order valence-electron chi connectivity index (χ2n) is 5.69. The van der Waals surface area contributed by atoms with Crippen molar-refractivity contribution in [2.75, 3.05) is 11.9 Å². The maximum atomic E-state index is 13.8. The predicted octanol–water partition coefficient (Wildman–Crippen LogP) is 4.57. The van der Waals surface area contributed by atoms with E-state index in [-0.39, 0.29) is 5.82 Å². The average Bonchev–Trinajstić information content (AvgIpc) is 2.40. The van der Waals surface area contributed by atoms with Crippen LogP contribution in [0.4, 0.5) is 15.8 Å². The molecule has 3 heteroatoms. The van der Waals surface area contributed by atoms with E-state index in [0.29, 0.717) is 11.1 Å². The zero-order chi connectivity index (χ0) is 15.7. The number of anilines is 2. The summed E-state index contributed by atoms with van der Waals surface area (Å²) in [6.45, 7) is 7.50. The van der Waals surface area contributed by atoms with E-state index in [1.165, 1.54) is 11.6 Å². The summed E-state index contributed by atoms with van der Waals surface area (Å²) in [4.78, 5) is 2.00. The van der Waals surface area contributed by atoms with Crippen molar-refractivity contribution in [2.45, 2.75) is 33.8 Å². The van der Waals surface area contributed by atoms with E-state index in [4.69, 9.17) is 0 Å². The summed E-state index contributed by atoms with van der Waals surface area (Å²) >= 11 is 0. The van der Waals surface area contributed by atoms with Gasteiger partial charge < -0.3 is 10.0 Å². The number of halogens is 1. The molecule has 112 valence electrons. The molecule has 0 aliphatic rings. The highest BCUT2D eigenvalue weighted by Crippen LogP contribution is 2.34. The van der Waals surface area contributed by atoms with E-state index in [1.54, 1.807) is 19.9 Å². The van der Waals surface area contributed by atoms with Crippen LogP contribution in [0.25, 0.3) is 0 Å². The smallest absolute Gasteiger partial charge is 0.126 e. The van der Waals surface area contributed by atoms with Crippen LogP contribution in [0.15, 0.2) is 30.3 Å². The lowest BCUT2D eigenvalue weighted by atomic mass is 10.0. The van der Waals surface area contributed by atoms with Gasteiger partial charge in [0.2, 0.25) is 0 Å². The largest absolute Gasteiger partial charge is 0.389 e. The lowest BCUT2D eigenvalue weighted by Crippen LogP contribution is -2.15. The Morgan fingerprint density at radius 3 is 2.24 bits per heavy atom. The minimum atomic E-state index is -0.719. The highest BCUT2D eigenvalue weighted by atomic mass is 19.1. The third kappa shape index (κ3) is 3.08. The van der Waals surface area contributed by atoms with Crippen molar-refractivity contribution in [1.29, 1.82) is 0 Å². The molecular weight excluding hydrogens is 265 g/mol. The second-order valence-corrected chi connectivity index (χ2v) is 5.69. The van der Waals surface area contributed by atoms with Crippen LogP contribution in [0.5, 0.6) is 0 Å². The summed E-state index contributed by atoms with van der Waals surface area (Å²) in [7, 11) is 1.94. The number of rotatable bonds is 3. The topological polar surface area (TPSA) is 23.5 Å². The summed E-state index contributed by atoms with van der Waals surface area (Å²) in [5, 5.41) is 9.94. The van der Waals surface area contributed by atoms with Crippen LogP contribution in [0.3, 0.4) is 0 Å². The first-order valence-electron chi connectivity index (χ1n) is 7.10. The van der Waals surface area contributed by atoms with E-state index in [2.05, 4.69) is 32.0 Å². The highest BCUT2D eigenvalue weighted by molar-refractivity contribution is 5.69. The van der Waals surface area contributed by atoms with Crippen LogP contribution < -0.4 is 4.90 Å². The van der Waals surface area contributed by atoms with Crippen molar-refractivity contribution in [3.8, 4) is 0 Å². The fraction of sp³-hybridized carbons (Fsp3) is 0.333. The number of hydrogen-bond donors (Lipinski definition) is 1. The first-order chi connectivity index (χ1) is 9.81. The second kappa shape index (κ2) is 5.86. The van der Waals surface area contributed by atoms with E-state index < -0.39 is 6.10 Å². The molecule has 1 unspecified atom stereocenters. The normalized spacial score (nSPS) is 12.3. The fourth-order valence-corrected chi connectivity index (χ4v) is 2.62. The molecule has 0 fully saturated rings. The van der Waals surface area contributed by atoms with Crippen molar-refractivity contribution in [2.24, 2.45) is 0 Å². The Balaban J connectivity index is 2.57. The third-order valence-corrected chi connectivity index (χ3v) is 3.83. The molecular formula is C18H22FNO. The molecule has 0 aliphatic heterocycles. The number of aliphatic hydroxyl groups excluding tert-OH is 1. The van der Waals surface area contributed by atoms with E-state index >= 15 is 0 Å². The van der Waals surface area contributed by atoms with Gasteiger partial charge in [0.05, 0.1) is 6.10 Å². The van der Waals surface area contributed by atoms with E-state index in [0.717, 1.165) is 16.9 Å². The molecule has 0 spiro atoms. The maximum absolute atomic E-state index is 13.8. The van der Waals surface area contributed by atoms with Crippen LogP contribution in [0, 0.1) is 26.6 Å². The number of aryl methyl sites for hydroxylation is 3. The van der Waals surface area contributed by atoms with Crippen molar-refractivity contribution in [3.05, 3.63) is 58.4 Å². The molecule has 0 radical (unpaired) electrons. The van der Waals surface area contributed by atoms with Crippen LogP contribution >= 0.6 is 0 Å². The Labute approximate surface area is 125 Å². The zero-order valence-corrected chi connectivity index (χ0v) is 13.2. The van der Waals surface area contributed by atoms with Gasteiger partial charge >= 0.3 is 0 Å². The van der Waals surface area contributed by atoms with Gasteiger partial charge in [0, 0.05) is 24.0 Å². The van der Waals surface area contributed by atoms with Crippen molar-refractivity contribution in [3.63, 3.8) is 0 Å². The zero-order valence-electron chi connectivity index (χ0n) is 13.2. The first-order valence-corrected chi connectivity index (χ1v) is 7.10. The maximum Gasteiger partial charge on any atom is 0.126 e. The summed E-state index contributed by atoms with van der Waals surface area (Å²) < 4.78 is 13.8. The monoisotopic (exact) mass is 287 g/mol. The molecule has 0 saturated carbocycles. The fourth-order valence-electron chi connectivity index (χ4n) is 2.62. The Bertz CT molecular complexity index is 665. The molecule has 0 heterocycles. The predicted molar refractivity (Wildman–Crippen MR) is 85.7 cm³/mol. The van der Waals surface area contributed by atoms with Crippen LogP contribution in [-0.4, -0.2) is 12.2 Å². The SMILES string of the molecule is Cc1ccc(N(C)c2cc(C)c(F)cc2C(C)O)c(C)c1. The molecule has 1 N–H and O–H groups in total. The van der Waals surface area contributed by atoms with Gasteiger partial charge in [-0.25, -0.2) is 4.39 Å². The minimum absolute atomic E-state index is 0.288. The summed E-state index contributed by atoms with van der Waals surface area (Å²) in [5.41, 5.74) is 5.41. The average molecular weight is 287 g/mol. The molecule has 0 aliphatic carbocycles. The standard InChI is InChI=1S/C18H22FNO/c1-11-6-7-17(13(3)8-11)20(5)18-9-12(2)16(19)10-15(18)14(4)21/h6-10,14,21H,1-5H3. The quantitative estimate of drug-likeness (QED) is 0.893. The molecule has 0 bridgehead atoms. The number of benzene rings is 2. The van der Waals surface area contributed by atoms with Gasteiger partial charge in [0.1, 0.15) is 5.82 Å². The van der Waals surface area contributed by atoms with Gasteiger partial charge in [-0.05, 0) is 57.0 Å². The highest BCUT2D eigenvalue weighted by Gasteiger charge is 2.17. The molecule has 1 atom stereocenters. The Morgan fingerprint density at radius 2 is 1.67 bits per heavy atom. The van der Waals surface area contributed by atoms with Crippen LogP contribution in [0.2, 0.25) is 0 Å². The Hall–Kier alpha value is -1.87. The molecule has 2 nitrogen and oxygen atoms in total. The molecule has 2 aromatic carbocycles. The van der Waals surface area contributed by atoms with Gasteiger partial charge in [0.25, 0.3) is 0 Å². The van der Waals surface area contributed by atoms with Gasteiger partial charge in [-0.1, -0.05) is 17.7 Å². The van der Waals surface area contributed by atoms with Crippen molar-refractivity contribution < 1.29 is 9.50 Å². The first kappa shape index (κ1) is 15.5. The van der Waals surface area contributed by atoms with Crippen LogP contribution in [0.1, 0.15) is 35.3 Å². The molecule has 2 aromatic rings. The number of hydrogen-bond acceptors (Lipinski definition) is 2. The molecule has 21 heavy (non-hydrogen) atoms. The lowest BCUT2D eigenvalue weighted by molar-refractivity contribution is 0.199. The summed E-state index contributed by atoms with van der Waals surface area (Å²) in [6, 6.07) is 9.43. The van der Waals surface area contributed by atoms with Gasteiger partial charge in [-0.3, -0.25) is 0 Å². The number of aliphatic hydroxyl groups is 1. The van der Waals surface area contributed by atoms with E-state index in [1.807, 2.05) is 11.9 Å². The number of nitrogens with zero attached hydrogens (tertiary/aromatic N) is 1. The minimum Gasteiger partial charge on any atom is -0.389 e. The molecule has 0 saturated heterocycles. The lowest BCUT2D eigenvalue weighted by Gasteiger charge is -2.26. The Morgan fingerprint density at radius 1 is 1.00 bits per heavy atom. The Kier molecular flexibility index (Phi) is 4.33. The third-order valence-electron chi connectivity index (χ3n) is 3.83. The van der Waals surface area contributed by atoms with Gasteiger partial charge in [-0.15, -0.1) is 0 Å². The van der Waals surface area contributed by atoms with Gasteiger partial charge in [-0.2, -0.15) is 0 Å². The molecule has 2 rings (SSSR count). The molecule has 0 aromatic heterocycles. The van der Waals surface area contributed by atoms with Crippen molar-refractivity contribution in [1.82, 2.24) is 0 Å². The van der Waals surface area contributed by atoms with Gasteiger partial charge in [0.15, 0.2) is 0 Å². The van der Waals surface area contributed by atoms with E-state index in [9.17, 15) is 9.50 Å². The van der Waals surface area contributed by atoms with Crippen LogP contribution in [-0.2, 0) is 0 Å².